The van der Waals surface area contributed by atoms with Gasteiger partial charge in [0.2, 0.25) is 5.88 Å². The van der Waals surface area contributed by atoms with Gasteiger partial charge >= 0.3 is 0 Å². The highest BCUT2D eigenvalue weighted by atomic mass is 79.9. The van der Waals surface area contributed by atoms with E-state index in [1.165, 1.54) is 0 Å². The lowest BCUT2D eigenvalue weighted by Crippen LogP contribution is -2.06. The van der Waals surface area contributed by atoms with Crippen molar-refractivity contribution in [3.05, 3.63) is 39.0 Å². The fourth-order valence-electron chi connectivity index (χ4n) is 1.70. The predicted molar refractivity (Wildman–Crippen MR) is 92.2 cm³/mol. The highest BCUT2D eigenvalue weighted by Gasteiger charge is 2.11. The molecule has 0 aliphatic rings. The zero-order chi connectivity index (χ0) is 15.4. The predicted octanol–water partition coefficient (Wildman–Crippen LogP) is 5.35. The molecule has 0 spiro atoms. The summed E-state index contributed by atoms with van der Waals surface area (Å²) in [7, 11) is 0. The summed E-state index contributed by atoms with van der Waals surface area (Å²) in [6.45, 7) is 6.95. The minimum atomic E-state index is 0.235. The van der Waals surface area contributed by atoms with E-state index in [0.29, 0.717) is 11.6 Å². The molecule has 0 fully saturated rings. The third-order valence-corrected chi connectivity index (χ3v) is 3.82. The fraction of sp³-hybridized carbons (Fsp3) is 0.333. The van der Waals surface area contributed by atoms with Crippen molar-refractivity contribution in [2.24, 2.45) is 0 Å². The normalized spacial score (nSPS) is 10.8. The van der Waals surface area contributed by atoms with E-state index in [1.54, 1.807) is 0 Å². The molecule has 0 saturated heterocycles. The van der Waals surface area contributed by atoms with Gasteiger partial charge in [0.1, 0.15) is 17.4 Å². The highest BCUT2D eigenvalue weighted by Crippen LogP contribution is 2.32. The van der Waals surface area contributed by atoms with E-state index < -0.39 is 0 Å². The second-order valence-electron chi connectivity index (χ2n) is 4.81. The molecule has 0 aliphatic carbocycles. The first kappa shape index (κ1) is 16.2. The van der Waals surface area contributed by atoms with Crippen LogP contribution in [0, 0.1) is 0 Å². The maximum absolute atomic E-state index is 5.88. The summed E-state index contributed by atoms with van der Waals surface area (Å²) in [5.41, 5.74) is 0. The fourth-order valence-corrected chi connectivity index (χ4v) is 2.82. The Morgan fingerprint density at radius 1 is 1.19 bits per heavy atom. The van der Waals surface area contributed by atoms with Gasteiger partial charge in [-0.15, -0.1) is 0 Å². The molecule has 112 valence electrons. The minimum Gasteiger partial charge on any atom is -0.438 e. The lowest BCUT2D eigenvalue weighted by molar-refractivity contribution is 0.454. The lowest BCUT2D eigenvalue weighted by Gasteiger charge is -2.12. The topological polar surface area (TPSA) is 47.0 Å². The van der Waals surface area contributed by atoms with E-state index in [4.69, 9.17) is 4.74 Å². The third-order valence-electron chi connectivity index (χ3n) is 2.70. The van der Waals surface area contributed by atoms with Crippen LogP contribution < -0.4 is 10.1 Å². The van der Waals surface area contributed by atoms with E-state index in [0.717, 1.165) is 27.1 Å². The van der Waals surface area contributed by atoms with Crippen molar-refractivity contribution in [2.45, 2.75) is 26.7 Å². The van der Waals surface area contributed by atoms with Crippen molar-refractivity contribution in [3.8, 4) is 11.6 Å². The van der Waals surface area contributed by atoms with Crippen LogP contribution >= 0.6 is 31.9 Å². The smallest absolute Gasteiger partial charge is 0.224 e. The van der Waals surface area contributed by atoms with Crippen LogP contribution in [-0.2, 0) is 0 Å². The zero-order valence-corrected chi connectivity index (χ0v) is 15.3. The summed E-state index contributed by atoms with van der Waals surface area (Å²) >= 11 is 6.91. The molecule has 0 aliphatic heterocycles. The van der Waals surface area contributed by atoms with Gasteiger partial charge < -0.3 is 10.1 Å². The van der Waals surface area contributed by atoms with E-state index in [9.17, 15) is 0 Å². The molecule has 0 bridgehead atoms. The number of anilines is 1. The quantitative estimate of drug-likeness (QED) is 0.716. The first-order valence-corrected chi connectivity index (χ1v) is 8.34. The Balaban J connectivity index is 2.33. The number of nitrogens with zero attached hydrogens (tertiary/aromatic N) is 2. The number of hydrogen-bond acceptors (Lipinski definition) is 4. The second-order valence-corrected chi connectivity index (χ2v) is 6.58. The van der Waals surface area contributed by atoms with E-state index in [1.807, 2.05) is 31.2 Å². The number of benzene rings is 1. The average molecular weight is 415 g/mol. The molecule has 0 atom stereocenters. The summed E-state index contributed by atoms with van der Waals surface area (Å²) in [6.07, 6.45) is 0. The Morgan fingerprint density at radius 2 is 1.95 bits per heavy atom. The molecule has 0 saturated carbocycles. The minimum absolute atomic E-state index is 0.235. The number of hydrogen-bond donors (Lipinski definition) is 1. The summed E-state index contributed by atoms with van der Waals surface area (Å²) < 4.78 is 7.74. The maximum Gasteiger partial charge on any atom is 0.224 e. The largest absolute Gasteiger partial charge is 0.438 e. The maximum atomic E-state index is 5.88. The van der Waals surface area contributed by atoms with Gasteiger partial charge in [-0.3, -0.25) is 0 Å². The third kappa shape index (κ3) is 4.41. The molecule has 2 aromatic rings. The monoisotopic (exact) mass is 413 g/mol. The van der Waals surface area contributed by atoms with Crippen LogP contribution in [-0.4, -0.2) is 16.5 Å². The van der Waals surface area contributed by atoms with Crippen LogP contribution in [0.2, 0.25) is 0 Å². The van der Waals surface area contributed by atoms with Crippen LogP contribution in [0.5, 0.6) is 11.6 Å². The van der Waals surface area contributed by atoms with Crippen LogP contribution in [0.3, 0.4) is 0 Å². The van der Waals surface area contributed by atoms with Crippen molar-refractivity contribution in [1.29, 1.82) is 0 Å². The number of nitrogens with one attached hydrogen (secondary N) is 1. The van der Waals surface area contributed by atoms with Gasteiger partial charge in [-0.2, -0.15) is 4.98 Å². The summed E-state index contributed by atoms with van der Waals surface area (Å²) in [5, 5.41) is 3.20. The van der Waals surface area contributed by atoms with E-state index in [-0.39, 0.29) is 5.92 Å². The Morgan fingerprint density at radius 3 is 2.57 bits per heavy atom. The molecular formula is C15H17Br2N3O. The van der Waals surface area contributed by atoms with Crippen molar-refractivity contribution < 1.29 is 4.74 Å². The Labute approximate surface area is 141 Å². The number of rotatable bonds is 5. The first-order valence-electron chi connectivity index (χ1n) is 6.75. The molecule has 0 unspecified atom stereocenters. The standard InChI is InChI=1S/C15H17Br2N3O/c1-4-18-13-8-14(20-15(19-13)9(2)3)21-12-6-5-10(16)7-11(12)17/h5-9H,4H2,1-3H3,(H,18,19,20). The SMILES string of the molecule is CCNc1cc(Oc2ccc(Br)cc2Br)nc(C(C)C)n1. The number of halogens is 2. The van der Waals surface area contributed by atoms with Gasteiger partial charge in [0.15, 0.2) is 0 Å². The molecule has 21 heavy (non-hydrogen) atoms. The molecule has 2 rings (SSSR count). The van der Waals surface area contributed by atoms with Crippen molar-refractivity contribution in [1.82, 2.24) is 9.97 Å². The molecule has 1 aromatic heterocycles. The molecular weight excluding hydrogens is 398 g/mol. The van der Waals surface area contributed by atoms with Gasteiger partial charge in [0.05, 0.1) is 4.47 Å². The van der Waals surface area contributed by atoms with Crippen LogP contribution in [0.4, 0.5) is 5.82 Å². The van der Waals surface area contributed by atoms with E-state index >= 15 is 0 Å². The van der Waals surface area contributed by atoms with E-state index in [2.05, 4.69) is 61.0 Å². The molecule has 1 heterocycles. The number of aromatic nitrogens is 2. The Kier molecular flexibility index (Phi) is 5.58. The van der Waals surface area contributed by atoms with Gasteiger partial charge in [0, 0.05) is 23.0 Å². The lowest BCUT2D eigenvalue weighted by atomic mass is 10.2. The molecule has 1 N–H and O–H groups in total. The average Bonchev–Trinajstić information content (AvgIpc) is 2.42. The van der Waals surface area contributed by atoms with Gasteiger partial charge in [-0.25, -0.2) is 4.98 Å². The van der Waals surface area contributed by atoms with Gasteiger partial charge in [0.25, 0.3) is 0 Å². The van der Waals surface area contributed by atoms with Crippen molar-refractivity contribution >= 4 is 37.7 Å². The zero-order valence-electron chi connectivity index (χ0n) is 12.2. The van der Waals surface area contributed by atoms with Crippen LogP contribution in [0.15, 0.2) is 33.2 Å². The molecule has 1 aromatic carbocycles. The summed E-state index contributed by atoms with van der Waals surface area (Å²) in [6, 6.07) is 7.56. The molecule has 6 heteroatoms. The Hall–Kier alpha value is -1.14. The van der Waals surface area contributed by atoms with Crippen LogP contribution in [0.1, 0.15) is 32.5 Å². The van der Waals surface area contributed by atoms with Gasteiger partial charge in [-0.05, 0) is 41.1 Å². The molecule has 4 nitrogen and oxygen atoms in total. The summed E-state index contributed by atoms with van der Waals surface area (Å²) in [5.74, 6) is 3.03. The molecule has 0 radical (unpaired) electrons. The molecule has 0 amide bonds. The first-order chi connectivity index (χ1) is 9.99. The summed E-state index contributed by atoms with van der Waals surface area (Å²) in [4.78, 5) is 8.95. The highest BCUT2D eigenvalue weighted by molar-refractivity contribution is 9.11. The van der Waals surface area contributed by atoms with Gasteiger partial charge in [-0.1, -0.05) is 29.8 Å². The van der Waals surface area contributed by atoms with Crippen molar-refractivity contribution in [2.75, 3.05) is 11.9 Å². The second kappa shape index (κ2) is 7.22. The Bertz CT molecular complexity index is 632. The number of ether oxygens (including phenoxy) is 1. The van der Waals surface area contributed by atoms with Crippen LogP contribution in [0.25, 0.3) is 0 Å². The van der Waals surface area contributed by atoms with Crippen molar-refractivity contribution in [3.63, 3.8) is 0 Å².